The molecule has 1 N–H and O–H groups in total. The quantitative estimate of drug-likeness (QED) is 0.260. The molecule has 0 aromatic heterocycles. The molecule has 14 nitrogen and oxygen atoms in total. The summed E-state index contributed by atoms with van der Waals surface area (Å²) in [6, 6.07) is -1.20. The summed E-state index contributed by atoms with van der Waals surface area (Å²) >= 11 is 0. The van der Waals surface area contributed by atoms with Crippen LogP contribution in [0, 0.1) is 0 Å². The van der Waals surface area contributed by atoms with Crippen molar-refractivity contribution in [3.05, 3.63) is 0 Å². The van der Waals surface area contributed by atoms with Gasteiger partial charge in [0, 0.05) is 27.7 Å². The third kappa shape index (κ3) is 7.12. The molecule has 0 spiro atoms. The zero-order valence-corrected chi connectivity index (χ0v) is 18.6. The first kappa shape index (κ1) is 26.0. The second-order valence-electron chi connectivity index (χ2n) is 7.24. The minimum absolute atomic E-state index is 0.436. The van der Waals surface area contributed by atoms with E-state index in [1.54, 1.807) is 0 Å². The van der Waals surface area contributed by atoms with E-state index in [1.165, 1.54) is 6.92 Å². The van der Waals surface area contributed by atoms with Crippen molar-refractivity contribution in [2.75, 3.05) is 6.61 Å². The maximum absolute atomic E-state index is 11.9. The monoisotopic (exact) mass is 475 g/mol. The molecule has 2 saturated heterocycles. The fourth-order valence-electron chi connectivity index (χ4n) is 3.27. The van der Waals surface area contributed by atoms with Gasteiger partial charge >= 0.3 is 35.9 Å². The summed E-state index contributed by atoms with van der Waals surface area (Å²) in [6.07, 6.45) is -8.97. The number of cyclic esters (lactones) is 2. The molecular formula is C19H25NO13. The van der Waals surface area contributed by atoms with E-state index in [2.05, 4.69) is 10.1 Å². The van der Waals surface area contributed by atoms with Crippen molar-refractivity contribution in [3.63, 3.8) is 0 Å². The second-order valence-corrected chi connectivity index (χ2v) is 7.24. The molecule has 2 heterocycles. The summed E-state index contributed by atoms with van der Waals surface area (Å²) in [6.45, 7) is 5.35. The number of hydrogen-bond acceptors (Lipinski definition) is 13. The van der Waals surface area contributed by atoms with Crippen molar-refractivity contribution >= 4 is 35.9 Å². The van der Waals surface area contributed by atoms with E-state index in [0.717, 1.165) is 27.7 Å². The summed E-state index contributed by atoms with van der Waals surface area (Å²) in [4.78, 5) is 69.8. The van der Waals surface area contributed by atoms with E-state index in [1.807, 2.05) is 0 Å². The van der Waals surface area contributed by atoms with Gasteiger partial charge < -0.3 is 38.5 Å². The molecule has 1 amide bonds. The van der Waals surface area contributed by atoms with Crippen molar-refractivity contribution in [1.29, 1.82) is 0 Å². The number of rotatable bonds is 8. The Balaban J connectivity index is 2.39. The molecule has 7 atom stereocenters. The molecule has 2 aliphatic heterocycles. The van der Waals surface area contributed by atoms with Gasteiger partial charge in [0.25, 0.3) is 0 Å². The molecule has 0 radical (unpaired) electrons. The minimum atomic E-state index is -1.49. The van der Waals surface area contributed by atoms with Crippen molar-refractivity contribution in [1.82, 2.24) is 5.32 Å². The van der Waals surface area contributed by atoms with Crippen molar-refractivity contribution in [3.8, 4) is 0 Å². The molecule has 33 heavy (non-hydrogen) atoms. The van der Waals surface area contributed by atoms with Crippen LogP contribution in [0.5, 0.6) is 0 Å². The predicted octanol–water partition coefficient (Wildman–Crippen LogP) is -0.890. The van der Waals surface area contributed by atoms with E-state index < -0.39 is 85.4 Å². The van der Waals surface area contributed by atoms with Crippen molar-refractivity contribution in [2.45, 2.75) is 77.5 Å². The van der Waals surface area contributed by atoms with Gasteiger partial charge in [-0.15, -0.1) is 0 Å². The maximum Gasteiger partial charge on any atom is 0.415 e. The summed E-state index contributed by atoms with van der Waals surface area (Å²) < 4.78 is 36.6. The highest BCUT2D eigenvalue weighted by atomic mass is 16.7. The molecule has 0 aromatic carbocycles. The van der Waals surface area contributed by atoms with Gasteiger partial charge in [-0.2, -0.15) is 0 Å². The first-order valence-corrected chi connectivity index (χ1v) is 9.87. The van der Waals surface area contributed by atoms with Crippen LogP contribution in [0.15, 0.2) is 0 Å². The normalized spacial score (nSPS) is 29.8. The van der Waals surface area contributed by atoms with E-state index in [0.29, 0.717) is 0 Å². The number of amides is 1. The van der Waals surface area contributed by atoms with Crippen LogP contribution in [-0.2, 0) is 57.1 Å². The van der Waals surface area contributed by atoms with Gasteiger partial charge in [-0.3, -0.25) is 19.2 Å². The molecule has 0 aliphatic carbocycles. The molecule has 2 fully saturated rings. The van der Waals surface area contributed by atoms with Crippen LogP contribution in [0.1, 0.15) is 34.6 Å². The highest BCUT2D eigenvalue weighted by molar-refractivity contribution is 5.95. The molecule has 0 unspecified atom stereocenters. The predicted molar refractivity (Wildman–Crippen MR) is 101 cm³/mol. The standard InChI is InChI=1S/C19H25NO13/c1-7(13-17(25)33-19(26)20-13)28-18-16(31-11(5)24)15(30-10(4)23)14(29-9(3)22)12(32-18)6-27-8(2)21/h7,12-16,18H,6H2,1-5H3,(H,20,26)/t7-,12-,13+,14-,15+,16-,18+/m1/s1. The van der Waals surface area contributed by atoms with Gasteiger partial charge in [0.2, 0.25) is 0 Å². The summed E-state index contributed by atoms with van der Waals surface area (Å²) in [5.74, 6) is -3.97. The Morgan fingerprint density at radius 3 is 1.91 bits per heavy atom. The molecule has 14 heteroatoms. The zero-order chi connectivity index (χ0) is 24.9. The maximum atomic E-state index is 11.9. The Morgan fingerprint density at radius 2 is 1.42 bits per heavy atom. The van der Waals surface area contributed by atoms with Gasteiger partial charge in [0.15, 0.2) is 30.6 Å². The number of hydrogen-bond donors (Lipinski definition) is 1. The lowest BCUT2D eigenvalue weighted by Gasteiger charge is -2.44. The molecule has 2 rings (SSSR count). The van der Waals surface area contributed by atoms with Crippen LogP contribution in [0.25, 0.3) is 0 Å². The highest BCUT2D eigenvalue weighted by Crippen LogP contribution is 2.31. The van der Waals surface area contributed by atoms with Crippen LogP contribution >= 0.6 is 0 Å². The Labute approximate surface area is 188 Å². The fourth-order valence-corrected chi connectivity index (χ4v) is 3.27. The summed E-state index contributed by atoms with van der Waals surface area (Å²) in [7, 11) is 0. The topological polar surface area (TPSA) is 179 Å². The van der Waals surface area contributed by atoms with Crippen LogP contribution < -0.4 is 5.32 Å². The average molecular weight is 475 g/mol. The number of alkyl carbamates (subject to hydrolysis) is 1. The number of ether oxygens (including phenoxy) is 7. The molecule has 0 saturated carbocycles. The lowest BCUT2D eigenvalue weighted by molar-refractivity contribution is -0.316. The average Bonchev–Trinajstić information content (AvgIpc) is 3.02. The summed E-state index contributed by atoms with van der Waals surface area (Å²) in [5.41, 5.74) is 0. The minimum Gasteiger partial charge on any atom is -0.463 e. The number of nitrogens with one attached hydrogen (secondary N) is 1. The number of carbonyl (C=O) groups excluding carboxylic acids is 6. The van der Waals surface area contributed by atoms with Gasteiger partial charge in [-0.25, -0.2) is 9.59 Å². The van der Waals surface area contributed by atoms with Gasteiger partial charge in [0.1, 0.15) is 12.7 Å². The third-order valence-electron chi connectivity index (χ3n) is 4.49. The molecule has 184 valence electrons. The fraction of sp³-hybridized carbons (Fsp3) is 0.684. The van der Waals surface area contributed by atoms with Crippen molar-refractivity contribution < 1.29 is 61.9 Å². The van der Waals surface area contributed by atoms with E-state index in [4.69, 9.17) is 28.4 Å². The van der Waals surface area contributed by atoms with Gasteiger partial charge in [0.05, 0.1) is 6.10 Å². The van der Waals surface area contributed by atoms with Gasteiger partial charge in [-0.05, 0) is 6.92 Å². The van der Waals surface area contributed by atoms with E-state index in [-0.39, 0.29) is 0 Å². The first-order valence-electron chi connectivity index (χ1n) is 9.87. The Morgan fingerprint density at radius 1 is 0.879 bits per heavy atom. The largest absolute Gasteiger partial charge is 0.463 e. The molecule has 2 aliphatic rings. The molecular weight excluding hydrogens is 450 g/mol. The number of carbonyl (C=O) groups is 6. The number of esters is 5. The van der Waals surface area contributed by atoms with Crippen molar-refractivity contribution in [2.24, 2.45) is 0 Å². The van der Waals surface area contributed by atoms with Crippen LogP contribution in [0.3, 0.4) is 0 Å². The molecule has 0 bridgehead atoms. The first-order chi connectivity index (χ1) is 15.4. The summed E-state index contributed by atoms with van der Waals surface area (Å²) in [5, 5.41) is 2.26. The Kier molecular flexibility index (Phi) is 8.70. The van der Waals surface area contributed by atoms with Gasteiger partial charge in [-0.1, -0.05) is 0 Å². The Hall–Kier alpha value is -3.26. The van der Waals surface area contributed by atoms with Crippen LogP contribution in [0.4, 0.5) is 4.79 Å². The molecule has 0 aromatic rings. The lowest BCUT2D eigenvalue weighted by atomic mass is 9.98. The van der Waals surface area contributed by atoms with E-state index >= 15 is 0 Å². The van der Waals surface area contributed by atoms with Crippen LogP contribution in [-0.4, -0.2) is 85.4 Å². The Bertz CT molecular complexity index is 812. The highest BCUT2D eigenvalue weighted by Gasteiger charge is 2.54. The lowest BCUT2D eigenvalue weighted by Crippen LogP contribution is -2.63. The van der Waals surface area contributed by atoms with Crippen LogP contribution in [0.2, 0.25) is 0 Å². The second kappa shape index (κ2) is 11.0. The smallest absolute Gasteiger partial charge is 0.415 e. The zero-order valence-electron chi connectivity index (χ0n) is 18.6. The SMILES string of the molecule is CC(=O)OC[C@H]1O[C@H](O[C@H](C)[C@@H]2NC(=O)OC2=O)[C@H](OC(C)=O)[C@@H](OC(C)=O)[C@@H]1OC(C)=O. The third-order valence-corrected chi connectivity index (χ3v) is 4.49. The van der Waals surface area contributed by atoms with E-state index in [9.17, 15) is 28.8 Å².